The van der Waals surface area contributed by atoms with E-state index in [1.807, 2.05) is 0 Å². The maximum atomic E-state index is 13.0. The molecular formula is C25H25BrN2O. The van der Waals surface area contributed by atoms with E-state index in [1.54, 1.807) is 0 Å². The number of amides is 1. The molecule has 1 N–H and O–H groups in total. The predicted octanol–water partition coefficient (Wildman–Crippen LogP) is 5.55. The Bertz CT molecular complexity index is 1040. The van der Waals surface area contributed by atoms with Crippen LogP contribution in [0.1, 0.15) is 29.5 Å². The highest BCUT2D eigenvalue weighted by Gasteiger charge is 2.26. The fourth-order valence-corrected chi connectivity index (χ4v) is 5.06. The molecule has 1 amide bonds. The molecule has 0 aromatic heterocycles. The Morgan fingerprint density at radius 3 is 2.45 bits per heavy atom. The van der Waals surface area contributed by atoms with Gasteiger partial charge in [-0.3, -0.25) is 9.69 Å². The molecule has 2 aliphatic rings. The SMILES string of the molecule is O=C(Nc1ccc2c3c(cccc13)CC2)C1CCN(Cc2ccc(Br)cc2)CC1. The largest absolute Gasteiger partial charge is 0.325 e. The van der Waals surface area contributed by atoms with Crippen molar-refractivity contribution in [2.75, 3.05) is 18.4 Å². The Hall–Kier alpha value is -2.17. The molecule has 3 aromatic rings. The van der Waals surface area contributed by atoms with Gasteiger partial charge in [0.05, 0.1) is 0 Å². The summed E-state index contributed by atoms with van der Waals surface area (Å²) < 4.78 is 1.11. The second kappa shape index (κ2) is 7.92. The van der Waals surface area contributed by atoms with Crippen LogP contribution < -0.4 is 5.32 Å². The zero-order valence-electron chi connectivity index (χ0n) is 16.5. The van der Waals surface area contributed by atoms with Gasteiger partial charge in [0.1, 0.15) is 0 Å². The van der Waals surface area contributed by atoms with Crippen molar-refractivity contribution in [1.29, 1.82) is 0 Å². The summed E-state index contributed by atoms with van der Waals surface area (Å²) in [7, 11) is 0. The third kappa shape index (κ3) is 3.84. The van der Waals surface area contributed by atoms with Gasteiger partial charge < -0.3 is 5.32 Å². The summed E-state index contributed by atoms with van der Waals surface area (Å²) in [6, 6.07) is 19.3. The molecule has 0 bridgehead atoms. The molecule has 0 atom stereocenters. The smallest absolute Gasteiger partial charge is 0.227 e. The van der Waals surface area contributed by atoms with Crippen molar-refractivity contribution >= 4 is 38.3 Å². The fourth-order valence-electron chi connectivity index (χ4n) is 4.79. The van der Waals surface area contributed by atoms with Gasteiger partial charge in [-0.2, -0.15) is 0 Å². The third-order valence-corrected chi connectivity index (χ3v) is 6.94. The van der Waals surface area contributed by atoms with Crippen LogP contribution in [0.15, 0.2) is 59.1 Å². The number of rotatable bonds is 4. The normalized spacial score (nSPS) is 17.0. The van der Waals surface area contributed by atoms with E-state index in [2.05, 4.69) is 80.7 Å². The first-order valence-electron chi connectivity index (χ1n) is 10.5. The number of nitrogens with one attached hydrogen (secondary N) is 1. The zero-order valence-corrected chi connectivity index (χ0v) is 18.0. The standard InChI is InChI=1S/C25H25BrN2O/c26-21-9-4-17(5-10-21)16-28-14-12-20(13-15-28)25(29)27-23-11-8-19-7-6-18-2-1-3-22(23)24(18)19/h1-5,8-11,20H,6-7,12-16H2,(H,27,29). The summed E-state index contributed by atoms with van der Waals surface area (Å²) in [4.78, 5) is 15.4. The van der Waals surface area contributed by atoms with Crippen LogP contribution in [-0.2, 0) is 24.2 Å². The van der Waals surface area contributed by atoms with Crippen molar-refractivity contribution in [2.24, 2.45) is 5.92 Å². The number of nitrogens with zero attached hydrogens (tertiary/aromatic N) is 1. The van der Waals surface area contributed by atoms with Gasteiger partial charge in [-0.1, -0.05) is 52.3 Å². The van der Waals surface area contributed by atoms with Gasteiger partial charge >= 0.3 is 0 Å². The molecular weight excluding hydrogens is 424 g/mol. The van der Waals surface area contributed by atoms with Crippen LogP contribution in [0, 0.1) is 5.92 Å². The maximum absolute atomic E-state index is 13.0. The lowest BCUT2D eigenvalue weighted by atomic mass is 9.95. The van der Waals surface area contributed by atoms with Crippen LogP contribution in [0.3, 0.4) is 0 Å². The topological polar surface area (TPSA) is 32.3 Å². The summed E-state index contributed by atoms with van der Waals surface area (Å²) >= 11 is 3.49. The number of hydrogen-bond acceptors (Lipinski definition) is 2. The van der Waals surface area contributed by atoms with E-state index in [-0.39, 0.29) is 11.8 Å². The Morgan fingerprint density at radius 1 is 0.966 bits per heavy atom. The Labute approximate surface area is 180 Å². The molecule has 1 aliphatic heterocycles. The highest BCUT2D eigenvalue weighted by Crippen LogP contribution is 2.35. The summed E-state index contributed by atoms with van der Waals surface area (Å²) in [6.45, 7) is 2.90. The summed E-state index contributed by atoms with van der Waals surface area (Å²) in [6.07, 6.45) is 4.06. The van der Waals surface area contributed by atoms with Crippen molar-refractivity contribution in [3.63, 3.8) is 0 Å². The fraction of sp³-hybridized carbons (Fsp3) is 0.320. The van der Waals surface area contributed by atoms with Gasteiger partial charge in [0.15, 0.2) is 0 Å². The zero-order chi connectivity index (χ0) is 19.8. The summed E-state index contributed by atoms with van der Waals surface area (Å²) in [5.74, 6) is 0.270. The highest BCUT2D eigenvalue weighted by atomic mass is 79.9. The second-order valence-corrected chi connectivity index (χ2v) is 9.19. The number of piperidine rings is 1. The van der Waals surface area contributed by atoms with E-state index < -0.39 is 0 Å². The lowest BCUT2D eigenvalue weighted by Gasteiger charge is -2.31. The minimum absolute atomic E-state index is 0.0965. The van der Waals surface area contributed by atoms with Gasteiger partial charge in [0.25, 0.3) is 0 Å². The van der Waals surface area contributed by atoms with E-state index in [0.717, 1.165) is 55.5 Å². The summed E-state index contributed by atoms with van der Waals surface area (Å²) in [5.41, 5.74) is 5.11. The van der Waals surface area contributed by atoms with Crippen LogP contribution in [0.4, 0.5) is 5.69 Å². The molecule has 1 fully saturated rings. The van der Waals surface area contributed by atoms with Crippen LogP contribution in [0.5, 0.6) is 0 Å². The molecule has 1 saturated heterocycles. The third-order valence-electron chi connectivity index (χ3n) is 6.41. The molecule has 148 valence electrons. The van der Waals surface area contributed by atoms with Crippen molar-refractivity contribution in [3.8, 4) is 0 Å². The van der Waals surface area contributed by atoms with E-state index in [9.17, 15) is 4.79 Å². The molecule has 3 nitrogen and oxygen atoms in total. The lowest BCUT2D eigenvalue weighted by Crippen LogP contribution is -2.37. The van der Waals surface area contributed by atoms with Crippen LogP contribution in [0.25, 0.3) is 10.8 Å². The van der Waals surface area contributed by atoms with Gasteiger partial charge in [-0.05, 0) is 79.0 Å². The first-order valence-corrected chi connectivity index (χ1v) is 11.3. The van der Waals surface area contributed by atoms with E-state index in [4.69, 9.17) is 0 Å². The first-order chi connectivity index (χ1) is 14.2. The Kier molecular flexibility index (Phi) is 5.15. The molecule has 1 heterocycles. The number of anilines is 1. The van der Waals surface area contributed by atoms with Gasteiger partial charge in [0, 0.05) is 28.0 Å². The molecule has 3 aromatic carbocycles. The Balaban J connectivity index is 1.23. The predicted molar refractivity (Wildman–Crippen MR) is 122 cm³/mol. The molecule has 0 saturated carbocycles. The van der Waals surface area contributed by atoms with E-state index >= 15 is 0 Å². The number of aryl methyl sites for hydroxylation is 2. The first kappa shape index (κ1) is 18.8. The van der Waals surface area contributed by atoms with Crippen molar-refractivity contribution in [1.82, 2.24) is 4.90 Å². The molecule has 1 aliphatic carbocycles. The molecule has 4 heteroatoms. The van der Waals surface area contributed by atoms with Gasteiger partial charge in [0.2, 0.25) is 5.91 Å². The second-order valence-electron chi connectivity index (χ2n) is 8.28. The van der Waals surface area contributed by atoms with Gasteiger partial charge in [-0.25, -0.2) is 0 Å². The number of likely N-dealkylation sites (tertiary alicyclic amines) is 1. The van der Waals surface area contributed by atoms with Crippen LogP contribution >= 0.6 is 15.9 Å². The molecule has 0 unspecified atom stereocenters. The maximum Gasteiger partial charge on any atom is 0.227 e. The number of carbonyl (C=O) groups is 1. The minimum atomic E-state index is 0.0965. The average molecular weight is 449 g/mol. The molecule has 5 rings (SSSR count). The Morgan fingerprint density at radius 2 is 1.69 bits per heavy atom. The average Bonchev–Trinajstić information content (AvgIpc) is 3.17. The van der Waals surface area contributed by atoms with Crippen molar-refractivity contribution in [3.05, 3.63) is 75.8 Å². The number of benzene rings is 3. The van der Waals surface area contributed by atoms with Gasteiger partial charge in [-0.15, -0.1) is 0 Å². The number of carbonyl (C=O) groups excluding carboxylic acids is 1. The van der Waals surface area contributed by atoms with E-state index in [0.29, 0.717) is 0 Å². The van der Waals surface area contributed by atoms with Crippen molar-refractivity contribution in [2.45, 2.75) is 32.2 Å². The quantitative estimate of drug-likeness (QED) is 0.567. The highest BCUT2D eigenvalue weighted by molar-refractivity contribution is 9.10. The van der Waals surface area contributed by atoms with Crippen LogP contribution in [0.2, 0.25) is 0 Å². The molecule has 0 spiro atoms. The van der Waals surface area contributed by atoms with E-state index in [1.165, 1.54) is 27.5 Å². The summed E-state index contributed by atoms with van der Waals surface area (Å²) in [5, 5.41) is 5.79. The van der Waals surface area contributed by atoms with Crippen molar-refractivity contribution < 1.29 is 4.79 Å². The minimum Gasteiger partial charge on any atom is -0.325 e. The number of hydrogen-bond donors (Lipinski definition) is 1. The number of halogens is 1. The lowest BCUT2D eigenvalue weighted by molar-refractivity contribution is -0.121. The van der Waals surface area contributed by atoms with Crippen LogP contribution in [-0.4, -0.2) is 23.9 Å². The monoisotopic (exact) mass is 448 g/mol. The molecule has 29 heavy (non-hydrogen) atoms. The molecule has 0 radical (unpaired) electrons.